The van der Waals surface area contributed by atoms with E-state index in [-0.39, 0.29) is 24.1 Å². The van der Waals surface area contributed by atoms with Crippen LogP contribution in [0.2, 0.25) is 0 Å². The van der Waals surface area contributed by atoms with Gasteiger partial charge in [0.05, 0.1) is 6.10 Å². The smallest absolute Gasteiger partial charge is 0.317 e. The maximum absolute atomic E-state index is 12.5. The molecule has 0 radical (unpaired) electrons. The number of nitrogens with zero attached hydrogens (tertiary/aromatic N) is 1. The minimum Gasteiger partial charge on any atom is -0.393 e. The molecule has 2 rings (SSSR count). The SMILES string of the molecule is C[C@H](O)C[C@H](CNC(=O)N1CCSCC[C@H]1C)c1ccccc1. The number of amides is 2. The monoisotopic (exact) mass is 336 g/mol. The van der Waals surface area contributed by atoms with Crippen LogP contribution >= 0.6 is 11.8 Å². The molecule has 0 bridgehead atoms. The third kappa shape index (κ3) is 5.74. The van der Waals surface area contributed by atoms with Crippen molar-refractivity contribution >= 4 is 17.8 Å². The molecular weight excluding hydrogens is 308 g/mol. The van der Waals surface area contributed by atoms with Crippen LogP contribution in [0.15, 0.2) is 30.3 Å². The van der Waals surface area contributed by atoms with Crippen LogP contribution in [-0.4, -0.2) is 52.8 Å². The van der Waals surface area contributed by atoms with Crippen LogP contribution in [0.4, 0.5) is 4.79 Å². The van der Waals surface area contributed by atoms with Crippen molar-refractivity contribution < 1.29 is 9.90 Å². The lowest BCUT2D eigenvalue weighted by molar-refractivity contribution is 0.167. The third-order valence-electron chi connectivity index (χ3n) is 4.35. The lowest BCUT2D eigenvalue weighted by Crippen LogP contribution is -2.46. The van der Waals surface area contributed by atoms with Gasteiger partial charge in [0.2, 0.25) is 0 Å². The first kappa shape index (κ1) is 18.1. The van der Waals surface area contributed by atoms with Gasteiger partial charge in [0.25, 0.3) is 0 Å². The fourth-order valence-corrected chi connectivity index (χ4v) is 4.02. The molecule has 0 aliphatic carbocycles. The molecule has 4 nitrogen and oxygen atoms in total. The van der Waals surface area contributed by atoms with Gasteiger partial charge in [-0.15, -0.1) is 0 Å². The topological polar surface area (TPSA) is 52.6 Å². The number of thioether (sulfide) groups is 1. The minimum absolute atomic E-state index is 0.0199. The number of carbonyl (C=O) groups is 1. The van der Waals surface area contributed by atoms with E-state index in [0.717, 1.165) is 30.0 Å². The molecule has 2 amide bonds. The molecule has 1 aromatic rings. The summed E-state index contributed by atoms with van der Waals surface area (Å²) >= 11 is 1.92. The molecule has 1 fully saturated rings. The Bertz CT molecular complexity index is 481. The van der Waals surface area contributed by atoms with Gasteiger partial charge in [-0.25, -0.2) is 4.79 Å². The van der Waals surface area contributed by atoms with Crippen molar-refractivity contribution in [3.63, 3.8) is 0 Å². The number of hydrogen-bond acceptors (Lipinski definition) is 3. The molecular formula is C18H28N2O2S. The Hall–Kier alpha value is -1.20. The van der Waals surface area contributed by atoms with E-state index in [1.807, 2.05) is 34.9 Å². The van der Waals surface area contributed by atoms with Gasteiger partial charge in [0.1, 0.15) is 0 Å². The van der Waals surface area contributed by atoms with E-state index in [1.54, 1.807) is 6.92 Å². The molecule has 128 valence electrons. The van der Waals surface area contributed by atoms with Crippen molar-refractivity contribution in [2.75, 3.05) is 24.6 Å². The highest BCUT2D eigenvalue weighted by atomic mass is 32.2. The second-order valence-corrected chi connectivity index (χ2v) is 7.55. The van der Waals surface area contributed by atoms with Crippen LogP contribution in [0.3, 0.4) is 0 Å². The second-order valence-electron chi connectivity index (χ2n) is 6.32. The van der Waals surface area contributed by atoms with Crippen LogP contribution in [0.25, 0.3) is 0 Å². The zero-order valence-electron chi connectivity index (χ0n) is 14.1. The van der Waals surface area contributed by atoms with Crippen molar-refractivity contribution in [2.24, 2.45) is 0 Å². The lowest BCUT2D eigenvalue weighted by atomic mass is 9.93. The molecule has 1 aromatic carbocycles. The number of aliphatic hydroxyl groups is 1. The highest BCUT2D eigenvalue weighted by Gasteiger charge is 2.23. The quantitative estimate of drug-likeness (QED) is 0.869. The van der Waals surface area contributed by atoms with E-state index in [9.17, 15) is 9.90 Å². The average Bonchev–Trinajstić information content (AvgIpc) is 2.76. The highest BCUT2D eigenvalue weighted by Crippen LogP contribution is 2.21. The van der Waals surface area contributed by atoms with Crippen LogP contribution in [-0.2, 0) is 0 Å². The zero-order chi connectivity index (χ0) is 16.7. The number of rotatable bonds is 5. The van der Waals surface area contributed by atoms with Crippen LogP contribution in [0.1, 0.15) is 38.2 Å². The summed E-state index contributed by atoms with van der Waals surface area (Å²) < 4.78 is 0. The number of benzene rings is 1. The average molecular weight is 337 g/mol. The predicted octanol–water partition coefficient (Wildman–Crippen LogP) is 3.08. The Kier molecular flexibility index (Phi) is 7.24. The Labute approximate surface area is 143 Å². The zero-order valence-corrected chi connectivity index (χ0v) is 14.9. The molecule has 0 spiro atoms. The molecule has 1 aliphatic heterocycles. The number of hydrogen-bond donors (Lipinski definition) is 2. The molecule has 0 aromatic heterocycles. The van der Waals surface area contributed by atoms with Gasteiger partial charge in [0, 0.05) is 30.8 Å². The number of carbonyl (C=O) groups excluding carboxylic acids is 1. The summed E-state index contributed by atoms with van der Waals surface area (Å²) in [6, 6.07) is 10.4. The molecule has 1 heterocycles. The van der Waals surface area contributed by atoms with Gasteiger partial charge in [-0.3, -0.25) is 0 Å². The van der Waals surface area contributed by atoms with Crippen molar-refractivity contribution in [1.82, 2.24) is 10.2 Å². The first-order chi connectivity index (χ1) is 11.1. The van der Waals surface area contributed by atoms with Gasteiger partial charge in [-0.1, -0.05) is 30.3 Å². The molecule has 0 unspecified atom stereocenters. The second kappa shape index (κ2) is 9.18. The summed E-state index contributed by atoms with van der Waals surface area (Å²) in [4.78, 5) is 14.5. The van der Waals surface area contributed by atoms with Crippen molar-refractivity contribution in [1.29, 1.82) is 0 Å². The first-order valence-corrected chi connectivity index (χ1v) is 9.58. The van der Waals surface area contributed by atoms with Gasteiger partial charge < -0.3 is 15.3 Å². The Morgan fingerprint density at radius 2 is 2.13 bits per heavy atom. The summed E-state index contributed by atoms with van der Waals surface area (Å²) in [6.07, 6.45) is 1.31. The van der Waals surface area contributed by atoms with Gasteiger partial charge in [-0.05, 0) is 38.0 Å². The maximum atomic E-state index is 12.5. The molecule has 2 N–H and O–H groups in total. The first-order valence-electron chi connectivity index (χ1n) is 8.43. The largest absolute Gasteiger partial charge is 0.393 e. The van der Waals surface area contributed by atoms with Gasteiger partial charge in [-0.2, -0.15) is 11.8 Å². The Morgan fingerprint density at radius 3 is 2.83 bits per heavy atom. The van der Waals surface area contributed by atoms with E-state index in [1.165, 1.54) is 0 Å². The maximum Gasteiger partial charge on any atom is 0.317 e. The van der Waals surface area contributed by atoms with Crippen molar-refractivity contribution in [3.05, 3.63) is 35.9 Å². The molecule has 1 aliphatic rings. The summed E-state index contributed by atoms with van der Waals surface area (Å²) in [5.74, 6) is 2.27. The van der Waals surface area contributed by atoms with E-state index >= 15 is 0 Å². The standard InChI is InChI=1S/C18H28N2O2S/c1-14-8-10-23-11-9-20(14)18(22)19-13-17(12-15(2)21)16-6-4-3-5-7-16/h3-7,14-15,17,21H,8-13H2,1-2H3,(H,19,22)/t14-,15+,17-/m1/s1. The summed E-state index contributed by atoms with van der Waals surface area (Å²) in [5, 5.41) is 12.8. The Balaban J connectivity index is 1.95. The van der Waals surface area contributed by atoms with Gasteiger partial charge >= 0.3 is 6.03 Å². The van der Waals surface area contributed by atoms with Crippen LogP contribution in [0.5, 0.6) is 0 Å². The number of urea groups is 1. The fraction of sp³-hybridized carbons (Fsp3) is 0.611. The van der Waals surface area contributed by atoms with E-state index in [2.05, 4.69) is 24.4 Å². The van der Waals surface area contributed by atoms with Crippen LogP contribution < -0.4 is 5.32 Å². The molecule has 5 heteroatoms. The summed E-state index contributed by atoms with van der Waals surface area (Å²) in [6.45, 7) is 5.29. The van der Waals surface area contributed by atoms with Crippen molar-refractivity contribution in [3.8, 4) is 0 Å². The van der Waals surface area contributed by atoms with E-state index in [0.29, 0.717) is 13.0 Å². The predicted molar refractivity (Wildman–Crippen MR) is 97.0 cm³/mol. The molecule has 23 heavy (non-hydrogen) atoms. The Morgan fingerprint density at radius 1 is 1.39 bits per heavy atom. The number of aliphatic hydroxyl groups excluding tert-OH is 1. The summed E-state index contributed by atoms with van der Waals surface area (Å²) in [5.41, 5.74) is 1.16. The van der Waals surface area contributed by atoms with E-state index < -0.39 is 0 Å². The van der Waals surface area contributed by atoms with Crippen LogP contribution in [0, 0.1) is 0 Å². The highest BCUT2D eigenvalue weighted by molar-refractivity contribution is 7.99. The molecule has 1 saturated heterocycles. The molecule has 0 saturated carbocycles. The number of nitrogens with one attached hydrogen (secondary N) is 1. The van der Waals surface area contributed by atoms with Gasteiger partial charge in [0.15, 0.2) is 0 Å². The normalized spacial score (nSPS) is 21.3. The van der Waals surface area contributed by atoms with E-state index in [4.69, 9.17) is 0 Å². The minimum atomic E-state index is -0.384. The molecule has 3 atom stereocenters. The third-order valence-corrected chi connectivity index (χ3v) is 5.34. The lowest BCUT2D eigenvalue weighted by Gasteiger charge is -2.28. The summed E-state index contributed by atoms with van der Waals surface area (Å²) in [7, 11) is 0. The van der Waals surface area contributed by atoms with Crippen molar-refractivity contribution in [2.45, 2.75) is 44.8 Å². The fourth-order valence-electron chi connectivity index (χ4n) is 2.98.